The number of H-pyrrole nitrogens is 1. The third-order valence-corrected chi connectivity index (χ3v) is 6.08. The fraction of sp³-hybridized carbons (Fsp3) is 0.318. The number of amides is 1. The molecule has 1 amide bonds. The topological polar surface area (TPSA) is 131 Å². The van der Waals surface area contributed by atoms with Crippen molar-refractivity contribution >= 4 is 45.1 Å². The largest absolute Gasteiger partial charge is 0.469 e. The molecule has 192 valence electrons. The van der Waals surface area contributed by atoms with E-state index < -0.39 is 35.1 Å². The summed E-state index contributed by atoms with van der Waals surface area (Å²) in [4.78, 5) is 57.6. The molecule has 3 aromatic rings. The number of carbonyl (C=O) groups is 3. The number of ether oxygens (including phenoxy) is 2. The molecule has 0 aliphatic rings. The van der Waals surface area contributed by atoms with E-state index in [0.717, 1.165) is 30.6 Å². The number of fused-ring (bicyclic) bond motifs is 1. The van der Waals surface area contributed by atoms with E-state index in [9.17, 15) is 32.3 Å². The summed E-state index contributed by atoms with van der Waals surface area (Å²) >= 11 is 0.866. The van der Waals surface area contributed by atoms with Crippen LogP contribution in [0.15, 0.2) is 29.1 Å². The summed E-state index contributed by atoms with van der Waals surface area (Å²) < 4.78 is 48.8. The molecule has 0 fully saturated rings. The predicted octanol–water partition coefficient (Wildman–Crippen LogP) is 2.58. The van der Waals surface area contributed by atoms with Crippen molar-refractivity contribution in [3.8, 4) is 0 Å². The smallest absolute Gasteiger partial charge is 0.418 e. The fourth-order valence-corrected chi connectivity index (χ4v) is 4.54. The third-order valence-electron chi connectivity index (χ3n) is 4.97. The number of carbonyl (C=O) groups excluding carboxylic acids is 3. The summed E-state index contributed by atoms with van der Waals surface area (Å²) in [6, 6.07) is 4.60. The van der Waals surface area contributed by atoms with Crippen molar-refractivity contribution < 1.29 is 37.0 Å². The number of aromatic nitrogens is 2. The maximum absolute atomic E-state index is 13.1. The van der Waals surface area contributed by atoms with Crippen molar-refractivity contribution in [2.75, 3.05) is 33.1 Å². The molecule has 2 N–H and O–H groups in total. The molecule has 0 saturated carbocycles. The lowest BCUT2D eigenvalue weighted by Crippen LogP contribution is -2.31. The van der Waals surface area contributed by atoms with Gasteiger partial charge in [0, 0.05) is 5.56 Å². The molecule has 14 heteroatoms. The van der Waals surface area contributed by atoms with Gasteiger partial charge in [0.1, 0.15) is 15.5 Å². The van der Waals surface area contributed by atoms with Crippen LogP contribution in [-0.4, -0.2) is 60.5 Å². The summed E-state index contributed by atoms with van der Waals surface area (Å²) in [5.74, 6) is -1.98. The summed E-state index contributed by atoms with van der Waals surface area (Å²) in [5, 5.41) is 2.28. The van der Waals surface area contributed by atoms with Crippen LogP contribution in [-0.2, 0) is 38.2 Å². The zero-order chi connectivity index (χ0) is 26.6. The first-order valence-electron chi connectivity index (χ1n) is 10.3. The number of hydrogen-bond donors (Lipinski definition) is 2. The molecule has 10 nitrogen and oxygen atoms in total. The van der Waals surface area contributed by atoms with Crippen molar-refractivity contribution in [3.63, 3.8) is 0 Å². The van der Waals surface area contributed by atoms with Gasteiger partial charge in [-0.15, -0.1) is 11.3 Å². The van der Waals surface area contributed by atoms with Crippen LogP contribution in [0.2, 0.25) is 0 Å². The molecule has 2 aromatic heterocycles. The van der Waals surface area contributed by atoms with Crippen molar-refractivity contribution in [2.24, 2.45) is 0 Å². The quantitative estimate of drug-likeness (QED) is 0.429. The van der Waals surface area contributed by atoms with Crippen LogP contribution < -0.4 is 10.9 Å². The molecular weight excluding hydrogens is 505 g/mol. The molecule has 0 bridgehead atoms. The summed E-state index contributed by atoms with van der Waals surface area (Å²) in [5.41, 5.74) is -1.83. The highest BCUT2D eigenvalue weighted by Crippen LogP contribution is 2.34. The van der Waals surface area contributed by atoms with E-state index in [1.165, 1.54) is 31.2 Å². The van der Waals surface area contributed by atoms with Gasteiger partial charge in [-0.2, -0.15) is 13.2 Å². The Labute approximate surface area is 206 Å². The highest BCUT2D eigenvalue weighted by atomic mass is 32.1. The zero-order valence-corrected chi connectivity index (χ0v) is 20.1. The average Bonchev–Trinajstić information content (AvgIpc) is 3.16. The second kappa shape index (κ2) is 10.9. The van der Waals surface area contributed by atoms with Crippen molar-refractivity contribution in [2.45, 2.75) is 19.1 Å². The summed E-state index contributed by atoms with van der Waals surface area (Å²) in [7, 11) is 3.84. The predicted molar refractivity (Wildman–Crippen MR) is 124 cm³/mol. The molecule has 0 saturated heterocycles. The lowest BCUT2D eigenvalue weighted by Gasteiger charge is -2.17. The van der Waals surface area contributed by atoms with E-state index in [-0.39, 0.29) is 51.7 Å². The lowest BCUT2D eigenvalue weighted by atomic mass is 10.1. The average molecular weight is 526 g/mol. The number of esters is 2. The molecule has 2 heterocycles. The van der Waals surface area contributed by atoms with Crippen LogP contribution in [0, 0.1) is 0 Å². The van der Waals surface area contributed by atoms with Crippen LogP contribution >= 0.6 is 11.3 Å². The van der Waals surface area contributed by atoms with E-state index in [0.29, 0.717) is 0 Å². The standard InChI is InChI=1S/C22H21F3N4O6S/c1-29(10-15(30)26-13-7-5-4-6-12(13)22(23,24)25)9-14-27-19(32)17-11(8-16(31)34-2)18(21(33)35-3)36-20(17)28-14/h4-7H,8-10H2,1-3H3,(H,26,30)(H,27,28,32). The van der Waals surface area contributed by atoms with Crippen molar-refractivity contribution in [3.05, 3.63) is 56.4 Å². The molecule has 0 aliphatic carbocycles. The number of methoxy groups -OCH3 is 2. The summed E-state index contributed by atoms with van der Waals surface area (Å²) in [6.45, 7) is -0.351. The SMILES string of the molecule is COC(=O)Cc1c(C(=O)OC)sc2nc(CN(C)CC(=O)Nc3ccccc3C(F)(F)F)[nH]c(=O)c12. The van der Waals surface area contributed by atoms with Gasteiger partial charge in [-0.05, 0) is 19.2 Å². The maximum atomic E-state index is 13.1. The number of alkyl halides is 3. The monoisotopic (exact) mass is 526 g/mol. The Morgan fingerprint density at radius 1 is 1.17 bits per heavy atom. The Morgan fingerprint density at radius 2 is 1.86 bits per heavy atom. The van der Waals surface area contributed by atoms with Crippen LogP contribution in [0.1, 0.15) is 26.6 Å². The first-order valence-corrected chi connectivity index (χ1v) is 11.1. The molecule has 0 aliphatic heterocycles. The maximum Gasteiger partial charge on any atom is 0.418 e. The number of aromatic amines is 1. The lowest BCUT2D eigenvalue weighted by molar-refractivity contribution is -0.140. The van der Waals surface area contributed by atoms with E-state index in [2.05, 4.69) is 20.0 Å². The number of nitrogens with zero attached hydrogens (tertiary/aromatic N) is 2. The van der Waals surface area contributed by atoms with E-state index >= 15 is 0 Å². The van der Waals surface area contributed by atoms with E-state index in [1.54, 1.807) is 0 Å². The van der Waals surface area contributed by atoms with Crippen molar-refractivity contribution in [1.82, 2.24) is 14.9 Å². The zero-order valence-electron chi connectivity index (χ0n) is 19.3. The number of benzene rings is 1. The van der Waals surface area contributed by atoms with Gasteiger partial charge in [-0.1, -0.05) is 12.1 Å². The molecule has 0 radical (unpaired) electrons. The first-order chi connectivity index (χ1) is 16.9. The Morgan fingerprint density at radius 3 is 2.50 bits per heavy atom. The van der Waals surface area contributed by atoms with Gasteiger partial charge >= 0.3 is 18.1 Å². The van der Waals surface area contributed by atoms with E-state index in [1.807, 2.05) is 0 Å². The van der Waals surface area contributed by atoms with Gasteiger partial charge in [-0.25, -0.2) is 9.78 Å². The van der Waals surface area contributed by atoms with Crippen LogP contribution in [0.25, 0.3) is 10.2 Å². The number of para-hydroxylation sites is 1. The van der Waals surface area contributed by atoms with Crippen molar-refractivity contribution in [1.29, 1.82) is 0 Å². The molecular formula is C22H21F3N4O6S. The Hall–Kier alpha value is -3.78. The van der Waals surface area contributed by atoms with Gasteiger partial charge in [0.15, 0.2) is 0 Å². The fourth-order valence-electron chi connectivity index (χ4n) is 3.41. The van der Waals surface area contributed by atoms with E-state index in [4.69, 9.17) is 4.74 Å². The van der Waals surface area contributed by atoms with Gasteiger partial charge < -0.3 is 19.8 Å². The molecule has 0 spiro atoms. The minimum Gasteiger partial charge on any atom is -0.469 e. The molecule has 1 aromatic carbocycles. The molecule has 0 unspecified atom stereocenters. The van der Waals surface area contributed by atoms with Gasteiger partial charge in [0.2, 0.25) is 5.91 Å². The third kappa shape index (κ3) is 6.07. The molecule has 3 rings (SSSR count). The minimum atomic E-state index is -4.63. The Balaban J connectivity index is 1.81. The highest BCUT2D eigenvalue weighted by Gasteiger charge is 2.33. The first kappa shape index (κ1) is 26.8. The number of halogens is 3. The van der Waals surface area contributed by atoms with Gasteiger partial charge in [0.25, 0.3) is 5.56 Å². The molecule has 36 heavy (non-hydrogen) atoms. The normalized spacial score (nSPS) is 11.5. The second-order valence-corrected chi connectivity index (χ2v) is 8.61. The molecule has 0 atom stereocenters. The summed E-state index contributed by atoms with van der Waals surface area (Å²) in [6.07, 6.45) is -4.98. The number of likely N-dealkylation sites (N-methyl/N-ethyl adjacent to an activating group) is 1. The highest BCUT2D eigenvalue weighted by molar-refractivity contribution is 7.20. The Bertz CT molecular complexity index is 1370. The number of nitrogens with one attached hydrogen (secondary N) is 2. The van der Waals surface area contributed by atoms with Gasteiger partial charge in [-0.3, -0.25) is 19.3 Å². The minimum absolute atomic E-state index is 0.0316. The van der Waals surface area contributed by atoms with Crippen LogP contribution in [0.3, 0.4) is 0 Å². The second-order valence-electron chi connectivity index (χ2n) is 7.61. The van der Waals surface area contributed by atoms with Gasteiger partial charge in [0.05, 0.1) is 50.4 Å². The number of thiophene rings is 1. The Kier molecular flexibility index (Phi) is 8.10. The number of rotatable bonds is 8. The van der Waals surface area contributed by atoms with Crippen LogP contribution in [0.5, 0.6) is 0 Å². The number of hydrogen-bond acceptors (Lipinski definition) is 9. The number of anilines is 1. The van der Waals surface area contributed by atoms with Crippen LogP contribution in [0.4, 0.5) is 18.9 Å².